The summed E-state index contributed by atoms with van der Waals surface area (Å²) in [7, 11) is 0. The van der Waals surface area contributed by atoms with Crippen molar-refractivity contribution in [1.29, 1.82) is 5.26 Å². The summed E-state index contributed by atoms with van der Waals surface area (Å²) in [4.78, 5) is 17.5. The Hall–Kier alpha value is -3.74. The molecule has 1 saturated carbocycles. The maximum Gasteiger partial charge on any atom is 0.168 e. The van der Waals surface area contributed by atoms with Crippen LogP contribution in [-0.4, -0.2) is 10.8 Å². The predicted octanol–water partition coefficient (Wildman–Crippen LogP) is 9.58. The molecule has 0 bridgehead atoms. The lowest BCUT2D eigenvalue weighted by atomic mass is 9.68. The molecular weight excluding hydrogens is 500 g/mol. The van der Waals surface area contributed by atoms with Crippen molar-refractivity contribution >= 4 is 44.6 Å². The van der Waals surface area contributed by atoms with Gasteiger partial charge in [-0.15, -0.1) is 0 Å². The number of ketones is 1. The average Bonchev–Trinajstić information content (AvgIpc) is 3.48. The zero-order valence-corrected chi connectivity index (χ0v) is 23.2. The predicted molar refractivity (Wildman–Crippen MR) is 160 cm³/mol. The van der Waals surface area contributed by atoms with Gasteiger partial charge in [0, 0.05) is 28.6 Å². The Labute approximate surface area is 234 Å². The van der Waals surface area contributed by atoms with Gasteiger partial charge in [-0.05, 0) is 87.9 Å². The molecule has 4 heteroatoms. The molecule has 1 fully saturated rings. The molecule has 0 radical (unpaired) electrons. The number of carbonyl (C=O) groups is 1. The van der Waals surface area contributed by atoms with E-state index in [-0.39, 0.29) is 11.2 Å². The third kappa shape index (κ3) is 4.68. The van der Waals surface area contributed by atoms with Crippen molar-refractivity contribution in [3.63, 3.8) is 0 Å². The van der Waals surface area contributed by atoms with Crippen LogP contribution < -0.4 is 0 Å². The first kappa shape index (κ1) is 25.5. The van der Waals surface area contributed by atoms with Gasteiger partial charge in [0.2, 0.25) is 0 Å². The Kier molecular flexibility index (Phi) is 6.61. The minimum Gasteiger partial charge on any atom is -0.294 e. The highest BCUT2D eigenvalue weighted by Gasteiger charge is 2.36. The lowest BCUT2D eigenvalue weighted by Gasteiger charge is -2.36. The van der Waals surface area contributed by atoms with Crippen LogP contribution >= 0.6 is 11.6 Å². The van der Waals surface area contributed by atoms with Crippen LogP contribution in [0.25, 0.3) is 27.2 Å². The quantitative estimate of drug-likeness (QED) is 0.246. The fraction of sp³-hybridized carbons (Fsp3) is 0.286. The zero-order valence-electron chi connectivity index (χ0n) is 22.4. The van der Waals surface area contributed by atoms with Crippen molar-refractivity contribution < 1.29 is 4.79 Å². The van der Waals surface area contributed by atoms with Gasteiger partial charge in [-0.3, -0.25) is 9.78 Å². The molecule has 39 heavy (non-hydrogen) atoms. The minimum absolute atomic E-state index is 0.0562. The molecule has 0 aliphatic heterocycles. The number of pyridine rings is 1. The van der Waals surface area contributed by atoms with E-state index >= 15 is 0 Å². The second-order valence-corrected chi connectivity index (χ2v) is 12.0. The number of nitrogens with zero attached hydrogens (tertiary/aromatic N) is 2. The van der Waals surface area contributed by atoms with Crippen molar-refractivity contribution in [3.05, 3.63) is 106 Å². The lowest BCUT2D eigenvalue weighted by molar-refractivity contribution is 0.0985. The van der Waals surface area contributed by atoms with Crippen LogP contribution in [0.1, 0.15) is 85.3 Å². The van der Waals surface area contributed by atoms with Crippen LogP contribution in [0.15, 0.2) is 78.5 Å². The van der Waals surface area contributed by atoms with Gasteiger partial charge < -0.3 is 0 Å². The van der Waals surface area contributed by atoms with E-state index in [1.807, 2.05) is 36.4 Å². The maximum absolute atomic E-state index is 13.4. The molecule has 0 saturated heterocycles. The Morgan fingerprint density at radius 1 is 1.03 bits per heavy atom. The van der Waals surface area contributed by atoms with Crippen LogP contribution in [0.4, 0.5) is 0 Å². The summed E-state index contributed by atoms with van der Waals surface area (Å²) in [6, 6.07) is 20.1. The second-order valence-electron chi connectivity index (χ2n) is 11.6. The van der Waals surface area contributed by atoms with E-state index in [0.29, 0.717) is 17.9 Å². The molecule has 3 aliphatic rings. The van der Waals surface area contributed by atoms with Crippen molar-refractivity contribution in [2.75, 3.05) is 0 Å². The van der Waals surface area contributed by atoms with Crippen molar-refractivity contribution in [3.8, 4) is 6.07 Å². The van der Waals surface area contributed by atoms with E-state index in [4.69, 9.17) is 16.9 Å². The first-order chi connectivity index (χ1) is 18.9. The molecule has 0 spiro atoms. The number of hydrogen-bond donors (Lipinski definition) is 0. The molecule has 3 aliphatic carbocycles. The summed E-state index contributed by atoms with van der Waals surface area (Å²) in [5.74, 6) is 0.804. The molecular formula is C35H31ClN2O. The van der Waals surface area contributed by atoms with E-state index in [1.165, 1.54) is 42.4 Å². The molecule has 1 heterocycles. The van der Waals surface area contributed by atoms with E-state index < -0.39 is 0 Å². The summed E-state index contributed by atoms with van der Waals surface area (Å²) < 4.78 is 0. The molecule has 0 unspecified atom stereocenters. The molecule has 7 rings (SSSR count). The largest absolute Gasteiger partial charge is 0.294 e. The second kappa shape index (κ2) is 10.1. The van der Waals surface area contributed by atoms with Crippen LogP contribution in [0.5, 0.6) is 0 Å². The van der Waals surface area contributed by atoms with Gasteiger partial charge in [0.05, 0.1) is 11.1 Å². The summed E-state index contributed by atoms with van der Waals surface area (Å²) in [5, 5.41) is 12.7. The summed E-state index contributed by atoms with van der Waals surface area (Å²) in [6.45, 7) is 4.52. The van der Waals surface area contributed by atoms with Crippen molar-refractivity contribution in [2.45, 2.75) is 58.3 Å². The first-order valence-electron chi connectivity index (χ1n) is 13.8. The summed E-state index contributed by atoms with van der Waals surface area (Å²) in [6.07, 6.45) is 12.6. The van der Waals surface area contributed by atoms with Gasteiger partial charge in [0.25, 0.3) is 0 Å². The number of Topliss-reactive ketones (excluding diaryl/α,β-unsaturated/α-hetero) is 1. The number of para-hydroxylation sites is 1. The number of benzene rings is 3. The van der Waals surface area contributed by atoms with Crippen molar-refractivity contribution in [2.24, 2.45) is 5.41 Å². The third-order valence-corrected chi connectivity index (χ3v) is 8.81. The molecule has 0 N–H and O–H groups in total. The maximum atomic E-state index is 13.4. The van der Waals surface area contributed by atoms with Gasteiger partial charge in [-0.25, -0.2) is 0 Å². The standard InChI is InChI=1S/C25H25ClO.C10H6N2/c1-25(2)11-5-8-18-19-10-9-16-12-17(26)13-20(15-6-3-4-7-15)23(16)24(19)22(27)14-21(18)25;11-6-8-5-9-3-1-2-4-10(9)12-7-8/h5,8-10,12-13,15H,3-4,6-7,11,14H2,1-2H3;1-5,7H. The Morgan fingerprint density at radius 3 is 2.62 bits per heavy atom. The topological polar surface area (TPSA) is 53.8 Å². The SMILES string of the molecule is CC1(C)CC=CC2=C1CC(=O)c1c2ccc2cc(Cl)cc(C3CCCC3)c12.N#Cc1cnc2ccccc2c1. The number of nitriles is 1. The number of allylic oxidation sites excluding steroid dienone is 4. The number of carbonyl (C=O) groups excluding carboxylic acids is 1. The number of fused-ring (bicyclic) bond motifs is 5. The normalized spacial score (nSPS) is 17.9. The van der Waals surface area contributed by atoms with Crippen LogP contribution in [0.2, 0.25) is 5.02 Å². The van der Waals surface area contributed by atoms with Crippen LogP contribution in [0.3, 0.4) is 0 Å². The molecule has 1 aromatic heterocycles. The molecule has 3 aromatic carbocycles. The summed E-state index contributed by atoms with van der Waals surface area (Å²) in [5.41, 5.74) is 7.52. The molecule has 194 valence electrons. The van der Waals surface area contributed by atoms with Gasteiger partial charge in [0.15, 0.2) is 5.78 Å². The van der Waals surface area contributed by atoms with Gasteiger partial charge in [-0.1, -0.05) is 80.8 Å². The minimum atomic E-state index is 0.0562. The number of aromatic nitrogens is 1. The molecule has 3 nitrogen and oxygen atoms in total. The number of halogens is 1. The highest BCUT2D eigenvalue weighted by atomic mass is 35.5. The number of rotatable bonds is 1. The fourth-order valence-corrected chi connectivity index (χ4v) is 6.80. The monoisotopic (exact) mass is 530 g/mol. The van der Waals surface area contributed by atoms with Crippen LogP contribution in [-0.2, 0) is 0 Å². The average molecular weight is 531 g/mol. The molecule has 4 aromatic rings. The first-order valence-corrected chi connectivity index (χ1v) is 14.2. The van der Waals surface area contributed by atoms with Gasteiger partial charge in [-0.2, -0.15) is 5.26 Å². The highest BCUT2D eigenvalue weighted by Crippen LogP contribution is 2.49. The Morgan fingerprint density at radius 2 is 1.82 bits per heavy atom. The van der Waals surface area contributed by atoms with E-state index in [2.05, 4.69) is 55.3 Å². The third-order valence-electron chi connectivity index (χ3n) is 8.59. The van der Waals surface area contributed by atoms with E-state index in [1.54, 1.807) is 6.20 Å². The highest BCUT2D eigenvalue weighted by molar-refractivity contribution is 6.32. The number of hydrogen-bond acceptors (Lipinski definition) is 3. The van der Waals surface area contributed by atoms with Gasteiger partial charge >= 0.3 is 0 Å². The van der Waals surface area contributed by atoms with Crippen molar-refractivity contribution in [1.82, 2.24) is 4.98 Å². The molecule has 0 amide bonds. The molecule has 0 atom stereocenters. The Bertz CT molecular complexity index is 1730. The van der Waals surface area contributed by atoms with E-state index in [9.17, 15) is 4.79 Å². The lowest BCUT2D eigenvalue weighted by Crippen LogP contribution is -2.25. The zero-order chi connectivity index (χ0) is 27.1. The summed E-state index contributed by atoms with van der Waals surface area (Å²) >= 11 is 6.46. The smallest absolute Gasteiger partial charge is 0.168 e. The van der Waals surface area contributed by atoms with E-state index in [0.717, 1.165) is 44.2 Å². The van der Waals surface area contributed by atoms with Gasteiger partial charge in [0.1, 0.15) is 6.07 Å². The Balaban J connectivity index is 0.000000193. The fourth-order valence-electron chi connectivity index (χ4n) is 6.56. The van der Waals surface area contributed by atoms with Crippen LogP contribution in [0, 0.1) is 16.7 Å².